The molecule has 1 N–H and O–H groups in total. The van der Waals surface area contributed by atoms with Crippen molar-refractivity contribution >= 4 is 5.97 Å². The number of aromatic nitrogens is 1. The molecule has 0 spiro atoms. The van der Waals surface area contributed by atoms with E-state index < -0.39 is 23.8 Å². The topological polar surface area (TPSA) is 68.4 Å². The summed E-state index contributed by atoms with van der Waals surface area (Å²) >= 11 is 0. The number of pyridine rings is 1. The molecule has 0 atom stereocenters. The Hall–Kier alpha value is -1.99. The highest BCUT2D eigenvalue weighted by Crippen LogP contribution is 2.24. The fourth-order valence-corrected chi connectivity index (χ4v) is 1.14. The highest BCUT2D eigenvalue weighted by Gasteiger charge is 2.33. The molecule has 0 aromatic carbocycles. The maximum absolute atomic E-state index is 12.0. The molecule has 0 aliphatic heterocycles. The Kier molecular flexibility index (Phi) is 3.45. The highest BCUT2D eigenvalue weighted by molar-refractivity contribution is 5.91. The first-order valence-corrected chi connectivity index (χ1v) is 4.32. The van der Waals surface area contributed by atoms with Gasteiger partial charge in [-0.25, -0.2) is 4.79 Å². The number of carbonyl (C=O) groups is 1. The standard InChI is InChI=1S/C9H8F3NO4/c1-4-5(8(15)16-2)3-6(14)13-7(4)17-9(10,11)12/h3H,1-2H3,(H,13,14). The number of nitrogens with one attached hydrogen (secondary N) is 1. The van der Waals surface area contributed by atoms with E-state index in [2.05, 4.69) is 9.47 Å². The highest BCUT2D eigenvalue weighted by atomic mass is 19.4. The number of H-pyrrole nitrogens is 1. The van der Waals surface area contributed by atoms with Gasteiger partial charge in [-0.1, -0.05) is 0 Å². The van der Waals surface area contributed by atoms with E-state index in [4.69, 9.17) is 0 Å². The number of esters is 1. The predicted molar refractivity (Wildman–Crippen MR) is 49.8 cm³/mol. The van der Waals surface area contributed by atoms with Crippen LogP contribution in [0.1, 0.15) is 15.9 Å². The smallest absolute Gasteiger partial charge is 0.465 e. The Morgan fingerprint density at radius 3 is 2.47 bits per heavy atom. The van der Waals surface area contributed by atoms with Crippen molar-refractivity contribution in [3.8, 4) is 5.88 Å². The Balaban J connectivity index is 3.29. The Bertz CT molecular complexity index is 492. The van der Waals surface area contributed by atoms with E-state index in [1.54, 1.807) is 0 Å². The number of rotatable bonds is 2. The third-order valence-corrected chi connectivity index (χ3v) is 1.88. The van der Waals surface area contributed by atoms with Crippen LogP contribution in [0, 0.1) is 6.92 Å². The number of hydrogen-bond donors (Lipinski definition) is 1. The molecule has 0 unspecified atom stereocenters. The molecule has 17 heavy (non-hydrogen) atoms. The van der Waals surface area contributed by atoms with E-state index >= 15 is 0 Å². The van der Waals surface area contributed by atoms with Gasteiger partial charge in [0.1, 0.15) is 0 Å². The lowest BCUT2D eigenvalue weighted by atomic mass is 10.1. The minimum Gasteiger partial charge on any atom is -0.465 e. The molecule has 8 heteroatoms. The molecule has 1 aromatic heterocycles. The summed E-state index contributed by atoms with van der Waals surface area (Å²) in [6.07, 6.45) is -4.96. The van der Waals surface area contributed by atoms with Crippen LogP contribution in [-0.2, 0) is 4.74 Å². The van der Waals surface area contributed by atoms with Crippen LogP contribution in [0.5, 0.6) is 5.88 Å². The fourth-order valence-electron chi connectivity index (χ4n) is 1.14. The van der Waals surface area contributed by atoms with Crippen LogP contribution in [-0.4, -0.2) is 24.4 Å². The second-order valence-corrected chi connectivity index (χ2v) is 3.04. The fraction of sp³-hybridized carbons (Fsp3) is 0.333. The van der Waals surface area contributed by atoms with E-state index in [-0.39, 0.29) is 11.1 Å². The van der Waals surface area contributed by atoms with Crippen molar-refractivity contribution in [3.05, 3.63) is 27.5 Å². The number of alkyl halides is 3. The van der Waals surface area contributed by atoms with E-state index in [9.17, 15) is 22.8 Å². The Morgan fingerprint density at radius 1 is 1.41 bits per heavy atom. The summed E-state index contributed by atoms with van der Waals surface area (Å²) in [5, 5.41) is 0. The number of halogens is 3. The summed E-state index contributed by atoms with van der Waals surface area (Å²) in [6.45, 7) is 1.20. The van der Waals surface area contributed by atoms with Crippen molar-refractivity contribution in [1.29, 1.82) is 0 Å². The molecule has 0 radical (unpaired) electrons. The molecular formula is C9H8F3NO4. The number of carbonyl (C=O) groups excluding carboxylic acids is 1. The van der Waals surface area contributed by atoms with Crippen LogP contribution in [0.4, 0.5) is 13.2 Å². The average molecular weight is 251 g/mol. The van der Waals surface area contributed by atoms with E-state index in [0.717, 1.165) is 13.2 Å². The van der Waals surface area contributed by atoms with Gasteiger partial charge in [0.25, 0.3) is 5.56 Å². The van der Waals surface area contributed by atoms with Crippen molar-refractivity contribution in [1.82, 2.24) is 4.98 Å². The first-order valence-electron chi connectivity index (χ1n) is 4.32. The predicted octanol–water partition coefficient (Wildman–Crippen LogP) is 1.37. The van der Waals surface area contributed by atoms with Gasteiger partial charge in [-0.15, -0.1) is 13.2 Å². The van der Waals surface area contributed by atoms with Crippen LogP contribution < -0.4 is 10.3 Å². The van der Waals surface area contributed by atoms with Gasteiger partial charge in [-0.05, 0) is 6.92 Å². The Morgan fingerprint density at radius 2 is 2.00 bits per heavy atom. The van der Waals surface area contributed by atoms with Crippen LogP contribution >= 0.6 is 0 Å². The van der Waals surface area contributed by atoms with Gasteiger partial charge in [0.05, 0.1) is 12.7 Å². The number of aromatic amines is 1. The van der Waals surface area contributed by atoms with Gasteiger partial charge in [0.15, 0.2) is 0 Å². The van der Waals surface area contributed by atoms with Gasteiger partial charge in [0, 0.05) is 11.6 Å². The lowest BCUT2D eigenvalue weighted by Gasteiger charge is -2.12. The van der Waals surface area contributed by atoms with Gasteiger partial charge in [-0.3, -0.25) is 9.78 Å². The molecule has 0 aliphatic carbocycles. The van der Waals surface area contributed by atoms with Crippen LogP contribution in [0.15, 0.2) is 10.9 Å². The molecule has 0 aliphatic rings. The third-order valence-electron chi connectivity index (χ3n) is 1.88. The van der Waals surface area contributed by atoms with Crippen LogP contribution in [0.25, 0.3) is 0 Å². The largest absolute Gasteiger partial charge is 0.574 e. The zero-order valence-electron chi connectivity index (χ0n) is 8.84. The summed E-state index contributed by atoms with van der Waals surface area (Å²) in [4.78, 5) is 24.1. The molecule has 0 saturated heterocycles. The monoisotopic (exact) mass is 251 g/mol. The second-order valence-electron chi connectivity index (χ2n) is 3.04. The molecule has 5 nitrogen and oxygen atoms in total. The minimum absolute atomic E-state index is 0.159. The van der Waals surface area contributed by atoms with Crippen molar-refractivity contribution in [2.75, 3.05) is 7.11 Å². The maximum atomic E-state index is 12.0. The quantitative estimate of drug-likeness (QED) is 0.806. The van der Waals surface area contributed by atoms with Crippen molar-refractivity contribution in [2.45, 2.75) is 13.3 Å². The molecular weight excluding hydrogens is 243 g/mol. The molecule has 0 fully saturated rings. The molecule has 94 valence electrons. The van der Waals surface area contributed by atoms with E-state index in [1.807, 2.05) is 4.98 Å². The molecule has 0 bridgehead atoms. The first kappa shape index (κ1) is 13.1. The van der Waals surface area contributed by atoms with Crippen LogP contribution in [0.3, 0.4) is 0 Å². The summed E-state index contributed by atoms with van der Waals surface area (Å²) in [6, 6.07) is 0.838. The second kappa shape index (κ2) is 4.48. The lowest BCUT2D eigenvalue weighted by molar-refractivity contribution is -0.276. The van der Waals surface area contributed by atoms with Gasteiger partial charge < -0.3 is 9.47 Å². The molecule has 1 heterocycles. The van der Waals surface area contributed by atoms with E-state index in [0.29, 0.717) is 0 Å². The molecule has 1 rings (SSSR count). The Labute approximate surface area is 93.2 Å². The zero-order valence-corrected chi connectivity index (χ0v) is 8.84. The zero-order chi connectivity index (χ0) is 13.2. The number of hydrogen-bond acceptors (Lipinski definition) is 4. The van der Waals surface area contributed by atoms with Gasteiger partial charge >= 0.3 is 12.3 Å². The summed E-state index contributed by atoms with van der Waals surface area (Å²) < 4.78 is 43.9. The number of methoxy groups -OCH3 is 1. The normalized spacial score (nSPS) is 11.1. The maximum Gasteiger partial charge on any atom is 0.574 e. The van der Waals surface area contributed by atoms with Gasteiger partial charge in [-0.2, -0.15) is 0 Å². The summed E-state index contributed by atoms with van der Waals surface area (Å²) in [5.41, 5.74) is -1.33. The van der Waals surface area contributed by atoms with Crippen LogP contribution in [0.2, 0.25) is 0 Å². The molecule has 1 aromatic rings. The summed E-state index contributed by atoms with van der Waals surface area (Å²) in [5.74, 6) is -1.74. The van der Waals surface area contributed by atoms with Crippen molar-refractivity contribution in [3.63, 3.8) is 0 Å². The first-order chi connectivity index (χ1) is 7.74. The molecule has 0 amide bonds. The minimum atomic E-state index is -4.96. The number of ether oxygens (including phenoxy) is 2. The average Bonchev–Trinajstić information content (AvgIpc) is 2.19. The third kappa shape index (κ3) is 3.23. The summed E-state index contributed by atoms with van der Waals surface area (Å²) in [7, 11) is 1.05. The van der Waals surface area contributed by atoms with Crippen molar-refractivity contribution in [2.24, 2.45) is 0 Å². The lowest BCUT2D eigenvalue weighted by Crippen LogP contribution is -2.22. The van der Waals surface area contributed by atoms with Gasteiger partial charge in [0.2, 0.25) is 5.88 Å². The van der Waals surface area contributed by atoms with E-state index in [1.165, 1.54) is 6.92 Å². The molecule has 0 saturated carbocycles. The van der Waals surface area contributed by atoms with Crippen molar-refractivity contribution < 1.29 is 27.4 Å². The SMILES string of the molecule is COC(=O)c1cc(=O)[nH]c(OC(F)(F)F)c1C.